The summed E-state index contributed by atoms with van der Waals surface area (Å²) in [6.45, 7) is 5.37. The molecule has 1 aliphatic rings. The molecule has 0 radical (unpaired) electrons. The summed E-state index contributed by atoms with van der Waals surface area (Å²) in [5, 5.41) is 26.6. The second-order valence-corrected chi connectivity index (χ2v) is 21.9. The standard InChI is InChI=1S/C71H44N.Tl/c1-4-5-15-37-72(42-19-7-6-8-20-42)62-36-35-54-59-39-61-60(38-58(59)47-25-16-26-55(62)63(47)54)64(43-21-11-9-17-40(43)2)70-56-33-31-52-50-29-27-48-45-23-13-14-24-46(45)49-28-30-51(67(50)66(48)49)53-32-34-57(69(56)68(52)53)71(70)65(61)44-22-12-10-18-41(44)3;/h1,4-36,38-39H,37H2,2-3H3;/b4-1?,15-5-;. The van der Waals surface area contributed by atoms with Gasteiger partial charge in [0.15, 0.2) is 0 Å². The molecule has 1 nitrogen and oxygen atoms in total. The molecule has 0 amide bonds. The second kappa shape index (κ2) is 15.4. The van der Waals surface area contributed by atoms with Gasteiger partial charge in [0.2, 0.25) is 0 Å². The maximum absolute atomic E-state index is 2.58. The van der Waals surface area contributed by atoms with Crippen LogP contribution >= 0.6 is 0 Å². The van der Waals surface area contributed by atoms with Gasteiger partial charge in [0, 0.05) is 0 Å². The summed E-state index contributed by atoms with van der Waals surface area (Å²) in [5.74, 6) is 0. The molecule has 2 heteroatoms. The first kappa shape index (κ1) is 41.5. The predicted octanol–water partition coefficient (Wildman–Crippen LogP) is 19.5. The number of allylic oxidation sites excluding steroid dienone is 2. The topological polar surface area (TPSA) is 3.24 Å². The Kier molecular flexibility index (Phi) is 8.78. The first-order chi connectivity index (χ1) is 36.1. The Balaban J connectivity index is 1.06. The predicted molar refractivity (Wildman–Crippen MR) is 317 cm³/mol. The zero-order valence-corrected chi connectivity index (χ0v) is 45.0. The third-order valence-corrected chi connectivity index (χ3v) is 17.7. The van der Waals surface area contributed by atoms with Gasteiger partial charge >= 0.3 is 176 Å². The van der Waals surface area contributed by atoms with Gasteiger partial charge in [0.05, 0.1) is 0 Å². The number of hydrogen-bond donors (Lipinski definition) is 0. The normalized spacial score (nSPS) is 12.8. The first-order valence-electron chi connectivity index (χ1n) is 25.6. The van der Waals surface area contributed by atoms with E-state index < -0.39 is 0 Å². The molecule has 0 atom stereocenters. The van der Waals surface area contributed by atoms with Crippen molar-refractivity contribution in [3.05, 3.63) is 227 Å². The van der Waals surface area contributed by atoms with Crippen molar-refractivity contribution >= 4 is 145 Å². The Labute approximate surface area is 438 Å². The minimum absolute atomic E-state index is 0.774. The molecular weight excluding hydrogens is 1070 g/mol. The van der Waals surface area contributed by atoms with Gasteiger partial charge in [-0.15, -0.1) is 0 Å². The van der Waals surface area contributed by atoms with Gasteiger partial charge in [-0.3, -0.25) is 0 Å². The number of para-hydroxylation sites is 1. The summed E-state index contributed by atoms with van der Waals surface area (Å²) in [4.78, 5) is 2.47. The van der Waals surface area contributed by atoms with Crippen LogP contribution in [0.15, 0.2) is 216 Å². The third-order valence-electron chi connectivity index (χ3n) is 16.8. The van der Waals surface area contributed by atoms with Crippen molar-refractivity contribution in [2.24, 2.45) is 0 Å². The Hall–Kier alpha value is -8.12. The van der Waals surface area contributed by atoms with E-state index in [1.807, 2.05) is 0 Å². The van der Waals surface area contributed by atoms with Crippen LogP contribution in [0.3, 0.4) is 0 Å². The molecule has 16 rings (SSSR count). The van der Waals surface area contributed by atoms with E-state index in [0.717, 1.165) is 32.3 Å². The molecule has 0 saturated carbocycles. The number of rotatable bonds is 7. The summed E-state index contributed by atoms with van der Waals surface area (Å²) < 4.78 is 2.25. The van der Waals surface area contributed by atoms with Crippen LogP contribution in [0.1, 0.15) is 11.1 Å². The van der Waals surface area contributed by atoms with Crippen LogP contribution in [-0.2, 0) is 0 Å². The molecule has 0 N–H and O–H groups in total. The van der Waals surface area contributed by atoms with E-state index >= 15 is 0 Å². The van der Waals surface area contributed by atoms with Gasteiger partial charge in [0.25, 0.3) is 0 Å². The molecule has 73 heavy (non-hydrogen) atoms. The molecule has 0 saturated heterocycles. The fourth-order valence-electron chi connectivity index (χ4n) is 13.8. The summed E-state index contributed by atoms with van der Waals surface area (Å²) in [6, 6.07) is 74.4. The zero-order chi connectivity index (χ0) is 48.2. The van der Waals surface area contributed by atoms with Crippen LogP contribution in [0.25, 0.3) is 152 Å². The minimum atomic E-state index is 0.774. The fraction of sp³-hybridized carbons (Fsp3) is 0.0423. The number of fused-ring (bicyclic) bond motifs is 12. The van der Waals surface area contributed by atoms with E-state index in [2.05, 4.69) is 235 Å². The zero-order valence-electron chi connectivity index (χ0n) is 40.5. The number of benzene rings is 13. The number of anilines is 2. The Morgan fingerprint density at radius 3 is 1.36 bits per heavy atom. The molecule has 0 fully saturated rings. The number of aryl methyl sites for hydroxylation is 2. The molecule has 0 spiro atoms. The summed E-state index contributed by atoms with van der Waals surface area (Å²) in [6.07, 6.45) is 6.66. The summed E-state index contributed by atoms with van der Waals surface area (Å²) >= 11 is 0.841. The Morgan fingerprint density at radius 1 is 0.329 bits per heavy atom. The van der Waals surface area contributed by atoms with Gasteiger partial charge in [-0.25, -0.2) is 0 Å². The summed E-state index contributed by atoms with van der Waals surface area (Å²) in [5.41, 5.74) is 15.6. The molecule has 0 bridgehead atoms. The van der Waals surface area contributed by atoms with Gasteiger partial charge in [-0.1, -0.05) is 121 Å². The quantitative estimate of drug-likeness (QED) is 0.0665. The van der Waals surface area contributed by atoms with Crippen molar-refractivity contribution in [3.63, 3.8) is 0 Å². The molecule has 0 unspecified atom stereocenters. The molecule has 0 aromatic heterocycles. The van der Waals surface area contributed by atoms with Crippen molar-refractivity contribution in [2.45, 2.75) is 13.8 Å². The summed E-state index contributed by atoms with van der Waals surface area (Å²) in [7, 11) is 0. The molecule has 0 heterocycles. The van der Waals surface area contributed by atoms with Gasteiger partial charge < -0.3 is 0 Å². The van der Waals surface area contributed by atoms with E-state index in [0.29, 0.717) is 0 Å². The van der Waals surface area contributed by atoms with E-state index in [1.54, 1.807) is 0 Å². The van der Waals surface area contributed by atoms with Crippen molar-refractivity contribution in [1.29, 1.82) is 0 Å². The van der Waals surface area contributed by atoms with Crippen LogP contribution in [0.2, 0.25) is 0 Å². The second-order valence-electron chi connectivity index (χ2n) is 20.4. The van der Waals surface area contributed by atoms with Gasteiger partial charge in [-0.05, 0) is 145 Å². The first-order valence-corrected chi connectivity index (χ1v) is 28.2. The Morgan fingerprint density at radius 2 is 0.781 bits per heavy atom. The average Bonchev–Trinajstić information content (AvgIpc) is 4.14. The molecule has 15 aromatic rings. The fourth-order valence-corrected chi connectivity index (χ4v) is 14.3. The van der Waals surface area contributed by atoms with Crippen LogP contribution < -0.4 is 4.90 Å². The van der Waals surface area contributed by atoms with E-state index in [-0.39, 0.29) is 0 Å². The van der Waals surface area contributed by atoms with Gasteiger partial charge in [-0.2, -0.15) is 0 Å². The van der Waals surface area contributed by atoms with Crippen molar-refractivity contribution in [3.8, 4) is 44.5 Å². The SMILES string of the molecule is Cc1ccccc1-c1c2cc3c(cc2c(-c2ccccc2C)c2c4ccc5c6ccc7c8c(ccc(c9ccc(c12)c4c95)c86)-c1ccccc1-7)c1ccc(N(C/C=C\C=[CH]/[Tl])c2ccccc2)c2cccc3c21. The van der Waals surface area contributed by atoms with Crippen molar-refractivity contribution in [2.75, 3.05) is 11.4 Å². The molecule has 15 aromatic carbocycles. The van der Waals surface area contributed by atoms with E-state index in [4.69, 9.17) is 0 Å². The molecule has 0 aliphatic heterocycles. The van der Waals surface area contributed by atoms with E-state index in [9.17, 15) is 0 Å². The van der Waals surface area contributed by atoms with Crippen molar-refractivity contribution in [1.82, 2.24) is 0 Å². The maximum atomic E-state index is 2.58. The molecule has 336 valence electrons. The van der Waals surface area contributed by atoms with Crippen LogP contribution in [0.5, 0.6) is 0 Å². The van der Waals surface area contributed by atoms with E-state index in [1.165, 1.54) is 175 Å². The monoisotopic (exact) mass is 1120 g/mol. The van der Waals surface area contributed by atoms with Crippen molar-refractivity contribution < 1.29 is 0 Å². The number of hydrogen-bond acceptors (Lipinski definition) is 1. The number of nitrogens with zero attached hydrogens (tertiary/aromatic N) is 1. The van der Waals surface area contributed by atoms with Crippen LogP contribution in [0, 0.1) is 13.8 Å². The average molecular weight is 1120 g/mol. The van der Waals surface area contributed by atoms with Crippen LogP contribution in [0.4, 0.5) is 11.4 Å². The molecule has 1 aliphatic carbocycles. The third kappa shape index (κ3) is 5.55. The molecular formula is C71H44NTl. The van der Waals surface area contributed by atoms with Gasteiger partial charge in [0.1, 0.15) is 0 Å². The van der Waals surface area contributed by atoms with Crippen LogP contribution in [-0.4, -0.2) is 32.3 Å². The Bertz CT molecular complexity index is 4670.